The number of fused-ring (bicyclic) bond motifs is 1. The molecule has 164 valence electrons. The summed E-state index contributed by atoms with van der Waals surface area (Å²) >= 11 is 0. The van der Waals surface area contributed by atoms with Crippen molar-refractivity contribution >= 4 is 5.91 Å². The number of carbonyl (C=O) groups excluding carboxylic acids is 1. The first-order valence-corrected chi connectivity index (χ1v) is 11.5. The fourth-order valence-corrected chi connectivity index (χ4v) is 5.50. The van der Waals surface area contributed by atoms with Crippen molar-refractivity contribution in [3.63, 3.8) is 0 Å². The summed E-state index contributed by atoms with van der Waals surface area (Å²) in [5, 5.41) is 0. The quantitative estimate of drug-likeness (QED) is 0.586. The van der Waals surface area contributed by atoms with Gasteiger partial charge in [-0.15, -0.1) is 0 Å². The van der Waals surface area contributed by atoms with Gasteiger partial charge >= 0.3 is 0 Å². The largest absolute Gasteiger partial charge is 0.497 e. The number of likely N-dealkylation sites (tertiary alicyclic amines) is 2. The lowest BCUT2D eigenvalue weighted by atomic mass is 9.81. The Labute approximate surface area is 190 Å². The van der Waals surface area contributed by atoms with Crippen molar-refractivity contribution in [1.82, 2.24) is 9.80 Å². The van der Waals surface area contributed by atoms with E-state index in [0.29, 0.717) is 11.8 Å². The second-order valence-electron chi connectivity index (χ2n) is 8.95. The van der Waals surface area contributed by atoms with Gasteiger partial charge in [0.15, 0.2) is 0 Å². The van der Waals surface area contributed by atoms with Crippen molar-refractivity contribution in [2.45, 2.75) is 24.9 Å². The van der Waals surface area contributed by atoms with Gasteiger partial charge in [0.2, 0.25) is 0 Å². The van der Waals surface area contributed by atoms with Gasteiger partial charge in [0.25, 0.3) is 5.91 Å². The molecule has 0 aliphatic carbocycles. The summed E-state index contributed by atoms with van der Waals surface area (Å²) in [4.78, 5) is 18.2. The number of nitrogens with zero attached hydrogens (tertiary/aromatic N) is 2. The fourth-order valence-electron chi connectivity index (χ4n) is 5.50. The third kappa shape index (κ3) is 4.15. The van der Waals surface area contributed by atoms with Crippen LogP contribution < -0.4 is 4.74 Å². The third-order valence-corrected chi connectivity index (χ3v) is 7.07. The number of benzene rings is 3. The maximum absolute atomic E-state index is 13.5. The molecule has 2 fully saturated rings. The normalized spacial score (nSPS) is 23.0. The molecule has 2 aliphatic rings. The Kier molecular flexibility index (Phi) is 5.95. The number of carbonyl (C=O) groups is 1. The highest BCUT2D eigenvalue weighted by Crippen LogP contribution is 2.43. The summed E-state index contributed by atoms with van der Waals surface area (Å²) in [6.07, 6.45) is 1.01. The molecule has 4 heteroatoms. The molecule has 3 aromatic carbocycles. The first-order valence-electron chi connectivity index (χ1n) is 11.5. The maximum Gasteiger partial charge on any atom is 0.254 e. The summed E-state index contributed by atoms with van der Waals surface area (Å²) < 4.78 is 5.50. The highest BCUT2D eigenvalue weighted by molar-refractivity contribution is 5.94. The lowest BCUT2D eigenvalue weighted by Crippen LogP contribution is -2.47. The lowest BCUT2D eigenvalue weighted by Gasteiger charge is -2.39. The van der Waals surface area contributed by atoms with E-state index in [2.05, 4.69) is 58.3 Å². The Morgan fingerprint density at radius 3 is 2.44 bits per heavy atom. The molecular formula is C28H30N2O2. The number of ether oxygens (including phenoxy) is 1. The molecule has 5 rings (SSSR count). The molecule has 0 N–H and O–H groups in total. The molecule has 0 bridgehead atoms. The standard InChI is InChI=1S/C28H30N2O2/c1-32-24-14-8-13-23(17-24)25-20-30(28(31)22-11-6-3-7-12-22)27-15-16-29(19-26(25)27)18-21-9-4-2-5-10-21/h2-14,17,25-27H,15-16,18-20H2,1H3/t25-,26-,27-/m1/s1. The van der Waals surface area contributed by atoms with Crippen LogP contribution in [0.3, 0.4) is 0 Å². The molecule has 1 amide bonds. The first-order chi connectivity index (χ1) is 15.7. The van der Waals surface area contributed by atoms with Crippen molar-refractivity contribution in [1.29, 1.82) is 0 Å². The van der Waals surface area contributed by atoms with E-state index >= 15 is 0 Å². The summed E-state index contributed by atoms with van der Waals surface area (Å²) in [5.74, 6) is 1.75. The highest BCUT2D eigenvalue weighted by atomic mass is 16.5. The molecule has 3 aromatic rings. The Bertz CT molecular complexity index is 1050. The second kappa shape index (κ2) is 9.17. The zero-order valence-electron chi connectivity index (χ0n) is 18.6. The Morgan fingerprint density at radius 2 is 1.69 bits per heavy atom. The number of methoxy groups -OCH3 is 1. The molecule has 2 aliphatic heterocycles. The SMILES string of the molecule is COc1cccc([C@H]2CN(C(=O)c3ccccc3)[C@@H]3CCN(Cc4ccccc4)C[C@H]23)c1. The van der Waals surface area contributed by atoms with Gasteiger partial charge in [-0.1, -0.05) is 60.7 Å². The van der Waals surface area contributed by atoms with Crippen LogP contribution in [0.2, 0.25) is 0 Å². The molecule has 2 heterocycles. The van der Waals surface area contributed by atoms with E-state index in [-0.39, 0.29) is 11.9 Å². The van der Waals surface area contributed by atoms with Crippen LogP contribution in [-0.4, -0.2) is 48.5 Å². The van der Waals surface area contributed by atoms with E-state index < -0.39 is 0 Å². The maximum atomic E-state index is 13.5. The predicted molar refractivity (Wildman–Crippen MR) is 127 cm³/mol. The van der Waals surface area contributed by atoms with Gasteiger partial charge in [-0.25, -0.2) is 0 Å². The van der Waals surface area contributed by atoms with E-state index in [1.807, 2.05) is 36.4 Å². The third-order valence-electron chi connectivity index (χ3n) is 7.07. The number of hydrogen-bond acceptors (Lipinski definition) is 3. The van der Waals surface area contributed by atoms with Gasteiger partial charge in [0, 0.05) is 49.6 Å². The van der Waals surface area contributed by atoms with E-state index in [1.54, 1.807) is 7.11 Å². The Balaban J connectivity index is 1.43. The summed E-state index contributed by atoms with van der Waals surface area (Å²) in [6.45, 7) is 3.73. The van der Waals surface area contributed by atoms with Gasteiger partial charge in [-0.3, -0.25) is 9.69 Å². The van der Waals surface area contributed by atoms with Crippen LogP contribution in [0, 0.1) is 5.92 Å². The van der Waals surface area contributed by atoms with Gasteiger partial charge < -0.3 is 9.64 Å². The van der Waals surface area contributed by atoms with Crippen LogP contribution in [0.5, 0.6) is 5.75 Å². The van der Waals surface area contributed by atoms with Crippen LogP contribution >= 0.6 is 0 Å². The summed E-state index contributed by atoms with van der Waals surface area (Å²) in [6, 6.07) is 29.1. The molecular weight excluding hydrogens is 396 g/mol. The smallest absolute Gasteiger partial charge is 0.254 e. The number of hydrogen-bond donors (Lipinski definition) is 0. The predicted octanol–water partition coefficient (Wildman–Crippen LogP) is 4.83. The van der Waals surface area contributed by atoms with Gasteiger partial charge in [-0.05, 0) is 41.8 Å². The molecule has 0 unspecified atom stereocenters. The number of amides is 1. The molecule has 3 atom stereocenters. The summed E-state index contributed by atoms with van der Waals surface area (Å²) in [5.41, 5.74) is 3.40. The zero-order chi connectivity index (χ0) is 21.9. The minimum Gasteiger partial charge on any atom is -0.497 e. The van der Waals surface area contributed by atoms with Crippen molar-refractivity contribution in [3.8, 4) is 5.75 Å². The van der Waals surface area contributed by atoms with Gasteiger partial charge in [0.05, 0.1) is 7.11 Å². The Morgan fingerprint density at radius 1 is 0.938 bits per heavy atom. The zero-order valence-corrected chi connectivity index (χ0v) is 18.6. The van der Waals surface area contributed by atoms with Gasteiger partial charge in [0.1, 0.15) is 5.75 Å². The van der Waals surface area contributed by atoms with Crippen LogP contribution in [0.1, 0.15) is 33.8 Å². The van der Waals surface area contributed by atoms with Crippen LogP contribution in [0.15, 0.2) is 84.9 Å². The van der Waals surface area contributed by atoms with E-state index in [0.717, 1.165) is 43.9 Å². The lowest BCUT2D eigenvalue weighted by molar-refractivity contribution is 0.0614. The van der Waals surface area contributed by atoms with Crippen molar-refractivity contribution in [2.24, 2.45) is 5.92 Å². The average molecular weight is 427 g/mol. The monoisotopic (exact) mass is 426 g/mol. The average Bonchev–Trinajstić information content (AvgIpc) is 3.23. The van der Waals surface area contributed by atoms with E-state index in [4.69, 9.17) is 4.74 Å². The van der Waals surface area contributed by atoms with Crippen LogP contribution in [-0.2, 0) is 6.54 Å². The highest BCUT2D eigenvalue weighted by Gasteiger charge is 2.47. The second-order valence-corrected chi connectivity index (χ2v) is 8.95. The molecule has 2 saturated heterocycles. The minimum absolute atomic E-state index is 0.155. The number of rotatable bonds is 5. The van der Waals surface area contributed by atoms with Crippen molar-refractivity contribution in [3.05, 3.63) is 102 Å². The van der Waals surface area contributed by atoms with Crippen molar-refractivity contribution < 1.29 is 9.53 Å². The van der Waals surface area contributed by atoms with E-state index in [9.17, 15) is 4.79 Å². The van der Waals surface area contributed by atoms with Crippen LogP contribution in [0.4, 0.5) is 0 Å². The van der Waals surface area contributed by atoms with Crippen molar-refractivity contribution in [2.75, 3.05) is 26.7 Å². The molecule has 0 saturated carbocycles. The fraction of sp³-hybridized carbons (Fsp3) is 0.321. The van der Waals surface area contributed by atoms with E-state index in [1.165, 1.54) is 11.1 Å². The summed E-state index contributed by atoms with van der Waals surface area (Å²) in [7, 11) is 1.71. The van der Waals surface area contributed by atoms with Gasteiger partial charge in [-0.2, -0.15) is 0 Å². The molecule has 32 heavy (non-hydrogen) atoms. The molecule has 4 nitrogen and oxygen atoms in total. The first kappa shape index (κ1) is 20.8. The molecule has 0 aromatic heterocycles. The number of piperidine rings is 1. The topological polar surface area (TPSA) is 32.8 Å². The Hall–Kier alpha value is -3.11. The molecule has 0 radical (unpaired) electrons. The molecule has 0 spiro atoms. The van der Waals surface area contributed by atoms with Crippen LogP contribution in [0.25, 0.3) is 0 Å². The minimum atomic E-state index is 0.155.